The Hall–Kier alpha value is -1.87. The molecule has 2 fully saturated rings. The van der Waals surface area contributed by atoms with E-state index in [1.54, 1.807) is 10.9 Å². The minimum absolute atomic E-state index is 0.116. The fourth-order valence-corrected chi connectivity index (χ4v) is 4.22. The van der Waals surface area contributed by atoms with Crippen molar-refractivity contribution in [2.24, 2.45) is 0 Å². The summed E-state index contributed by atoms with van der Waals surface area (Å²) in [4.78, 5) is 14.7. The molecule has 0 aromatic carbocycles. The number of amides is 1. The van der Waals surface area contributed by atoms with Gasteiger partial charge >= 0.3 is 0 Å². The first-order chi connectivity index (χ1) is 11.8. The van der Waals surface area contributed by atoms with Crippen molar-refractivity contribution in [1.29, 1.82) is 0 Å². The second-order valence-corrected chi connectivity index (χ2v) is 7.14. The van der Waals surface area contributed by atoms with Crippen LogP contribution >= 0.6 is 11.8 Å². The maximum atomic E-state index is 12.7. The minimum atomic E-state index is -0.116. The fourth-order valence-electron chi connectivity index (χ4n) is 3.20. The molecule has 2 aliphatic heterocycles. The first kappa shape index (κ1) is 15.6. The summed E-state index contributed by atoms with van der Waals surface area (Å²) in [6.07, 6.45) is 4.31. The van der Waals surface area contributed by atoms with Crippen LogP contribution in [0.5, 0.6) is 0 Å². The number of tetrazole rings is 1. The summed E-state index contributed by atoms with van der Waals surface area (Å²) in [5.74, 6) is 0.977. The van der Waals surface area contributed by atoms with Crippen molar-refractivity contribution in [3.8, 4) is 0 Å². The number of likely N-dealkylation sites (tertiary alicyclic amines) is 1. The van der Waals surface area contributed by atoms with E-state index in [-0.39, 0.29) is 11.2 Å². The zero-order valence-corrected chi connectivity index (χ0v) is 14.0. The number of rotatable bonds is 5. The van der Waals surface area contributed by atoms with Crippen LogP contribution in [0, 0.1) is 0 Å². The Labute approximate surface area is 143 Å². The van der Waals surface area contributed by atoms with Crippen molar-refractivity contribution >= 4 is 17.7 Å². The maximum absolute atomic E-state index is 12.7. The molecular formula is C15H19N5O3S. The molecule has 0 saturated carbocycles. The summed E-state index contributed by atoms with van der Waals surface area (Å²) in [5, 5.41) is 12.3. The van der Waals surface area contributed by atoms with E-state index in [2.05, 4.69) is 15.5 Å². The Morgan fingerprint density at radius 2 is 2.17 bits per heavy atom. The summed E-state index contributed by atoms with van der Waals surface area (Å²) in [7, 11) is 0. The number of nitrogens with zero attached hydrogens (tertiary/aromatic N) is 5. The third-order valence-corrected chi connectivity index (χ3v) is 5.68. The molecule has 0 aliphatic carbocycles. The number of thioether (sulfide) groups is 1. The van der Waals surface area contributed by atoms with Gasteiger partial charge in [0.05, 0.1) is 11.5 Å². The molecule has 2 aromatic heterocycles. The van der Waals surface area contributed by atoms with E-state index in [0.29, 0.717) is 17.7 Å². The van der Waals surface area contributed by atoms with Gasteiger partial charge in [-0.05, 0) is 41.8 Å². The number of aromatic nitrogens is 4. The molecule has 128 valence electrons. The lowest BCUT2D eigenvalue weighted by molar-refractivity contribution is -0.130. The summed E-state index contributed by atoms with van der Waals surface area (Å²) in [6.45, 7) is 2.76. The highest BCUT2D eigenvalue weighted by Gasteiger charge is 2.37. The van der Waals surface area contributed by atoms with Crippen LogP contribution in [-0.2, 0) is 16.1 Å². The first-order valence-corrected chi connectivity index (χ1v) is 9.02. The van der Waals surface area contributed by atoms with Gasteiger partial charge in [-0.1, -0.05) is 11.8 Å². The van der Waals surface area contributed by atoms with Crippen molar-refractivity contribution < 1.29 is 13.9 Å². The quantitative estimate of drug-likeness (QED) is 0.801. The summed E-state index contributed by atoms with van der Waals surface area (Å²) in [5.41, 5.74) is 0. The van der Waals surface area contributed by atoms with Gasteiger partial charge in [-0.15, -0.1) is 5.10 Å². The van der Waals surface area contributed by atoms with Gasteiger partial charge < -0.3 is 14.1 Å². The molecule has 9 heteroatoms. The molecular weight excluding hydrogens is 330 g/mol. The topological polar surface area (TPSA) is 86.3 Å². The van der Waals surface area contributed by atoms with Crippen LogP contribution < -0.4 is 0 Å². The summed E-state index contributed by atoms with van der Waals surface area (Å²) in [6, 6.07) is 4.03. The lowest BCUT2D eigenvalue weighted by Gasteiger charge is -2.31. The average molecular weight is 349 g/mol. The van der Waals surface area contributed by atoms with E-state index in [4.69, 9.17) is 9.15 Å². The highest BCUT2D eigenvalue weighted by Crippen LogP contribution is 2.32. The summed E-state index contributed by atoms with van der Waals surface area (Å²) >= 11 is 1.44. The molecule has 8 nitrogen and oxygen atoms in total. The number of hydrogen-bond acceptors (Lipinski definition) is 7. The zero-order valence-electron chi connectivity index (χ0n) is 13.2. The predicted octanol–water partition coefficient (Wildman–Crippen LogP) is 1.19. The number of carbonyl (C=O) groups is 1. The molecule has 1 atom stereocenters. The second kappa shape index (κ2) is 6.94. The van der Waals surface area contributed by atoms with Gasteiger partial charge in [-0.3, -0.25) is 4.79 Å². The van der Waals surface area contributed by atoms with Gasteiger partial charge in [0.1, 0.15) is 12.3 Å². The molecule has 0 bridgehead atoms. The second-order valence-electron chi connectivity index (χ2n) is 5.97. The lowest BCUT2D eigenvalue weighted by Crippen LogP contribution is -2.41. The van der Waals surface area contributed by atoms with Crippen molar-refractivity contribution in [3.05, 3.63) is 24.2 Å². The molecule has 4 rings (SSSR count). The van der Waals surface area contributed by atoms with Gasteiger partial charge in [0.15, 0.2) is 0 Å². The van der Waals surface area contributed by atoms with Crippen molar-refractivity contribution in [3.63, 3.8) is 0 Å². The Kier molecular flexibility index (Phi) is 4.52. The Morgan fingerprint density at radius 1 is 1.29 bits per heavy atom. The molecule has 2 aromatic rings. The van der Waals surface area contributed by atoms with Crippen LogP contribution in [0.4, 0.5) is 0 Å². The van der Waals surface area contributed by atoms with Gasteiger partial charge in [0.25, 0.3) is 0 Å². The Morgan fingerprint density at radius 3 is 2.96 bits per heavy atom. The van der Waals surface area contributed by atoms with Gasteiger partial charge in [0, 0.05) is 25.8 Å². The van der Waals surface area contributed by atoms with E-state index < -0.39 is 0 Å². The van der Waals surface area contributed by atoms with E-state index in [1.807, 2.05) is 17.0 Å². The van der Waals surface area contributed by atoms with E-state index >= 15 is 0 Å². The van der Waals surface area contributed by atoms with Crippen LogP contribution in [0.1, 0.15) is 25.0 Å². The number of hydrogen-bond donors (Lipinski definition) is 0. The largest absolute Gasteiger partial charge is 0.467 e. The smallest absolute Gasteiger partial charge is 0.236 e. The highest BCUT2D eigenvalue weighted by atomic mass is 32.2. The first-order valence-electron chi connectivity index (χ1n) is 8.14. The maximum Gasteiger partial charge on any atom is 0.236 e. The normalized spacial score (nSPS) is 22.4. The van der Waals surface area contributed by atoms with Crippen LogP contribution in [0.3, 0.4) is 0 Å². The molecule has 2 saturated heterocycles. The molecule has 4 heterocycles. The molecule has 0 spiro atoms. The van der Waals surface area contributed by atoms with Crippen molar-refractivity contribution in [2.45, 2.75) is 42.3 Å². The average Bonchev–Trinajstić information content (AvgIpc) is 3.34. The third-order valence-electron chi connectivity index (χ3n) is 4.45. The van der Waals surface area contributed by atoms with E-state index in [1.165, 1.54) is 11.8 Å². The van der Waals surface area contributed by atoms with Crippen LogP contribution in [0.25, 0.3) is 0 Å². The van der Waals surface area contributed by atoms with Crippen LogP contribution in [-0.4, -0.2) is 62.1 Å². The molecule has 0 N–H and O–H groups in total. The monoisotopic (exact) mass is 349 g/mol. The molecule has 0 unspecified atom stereocenters. The minimum Gasteiger partial charge on any atom is -0.467 e. The van der Waals surface area contributed by atoms with Gasteiger partial charge in [0.2, 0.25) is 11.1 Å². The van der Waals surface area contributed by atoms with Crippen molar-refractivity contribution in [1.82, 2.24) is 25.1 Å². The Balaban J connectivity index is 1.41. The molecule has 0 radical (unpaired) electrons. The predicted molar refractivity (Wildman–Crippen MR) is 85.4 cm³/mol. The SMILES string of the molecule is O=C1[C@H](Sc2nnnn2Cc2ccco2)CCN1C1CCOCC1. The number of ether oxygens (including phenoxy) is 1. The van der Waals surface area contributed by atoms with E-state index in [0.717, 1.165) is 44.8 Å². The Bertz CT molecular complexity index is 683. The molecule has 2 aliphatic rings. The van der Waals surface area contributed by atoms with E-state index in [9.17, 15) is 4.79 Å². The van der Waals surface area contributed by atoms with Crippen LogP contribution in [0.15, 0.2) is 28.0 Å². The highest BCUT2D eigenvalue weighted by molar-refractivity contribution is 8.00. The lowest BCUT2D eigenvalue weighted by atomic mass is 10.1. The van der Waals surface area contributed by atoms with Gasteiger partial charge in [-0.25, -0.2) is 4.68 Å². The zero-order chi connectivity index (χ0) is 16.4. The fraction of sp³-hybridized carbons (Fsp3) is 0.600. The third kappa shape index (κ3) is 3.18. The molecule has 24 heavy (non-hydrogen) atoms. The van der Waals surface area contributed by atoms with Gasteiger partial charge in [-0.2, -0.15) is 0 Å². The number of furan rings is 1. The summed E-state index contributed by atoms with van der Waals surface area (Å²) < 4.78 is 12.4. The van der Waals surface area contributed by atoms with Crippen LogP contribution in [0.2, 0.25) is 0 Å². The number of carbonyl (C=O) groups excluding carboxylic acids is 1. The van der Waals surface area contributed by atoms with Crippen molar-refractivity contribution in [2.75, 3.05) is 19.8 Å². The molecule has 1 amide bonds. The standard InChI is InChI=1S/C15H19N5O3S/c21-14-13(3-6-19(14)11-4-8-22-9-5-11)24-15-16-17-18-20(15)10-12-2-1-7-23-12/h1-2,7,11,13H,3-6,8-10H2/t13-/m1/s1.